The molecule has 1 amide bonds. The van der Waals surface area contributed by atoms with Gasteiger partial charge < -0.3 is 19.5 Å². The second-order valence-corrected chi connectivity index (χ2v) is 9.00. The summed E-state index contributed by atoms with van der Waals surface area (Å²) in [6.07, 6.45) is 0.0213. The lowest BCUT2D eigenvalue weighted by atomic mass is 9.95. The van der Waals surface area contributed by atoms with Crippen molar-refractivity contribution >= 4 is 17.4 Å². The number of morpholine rings is 1. The van der Waals surface area contributed by atoms with Gasteiger partial charge in [0.05, 0.1) is 30.9 Å². The lowest BCUT2D eigenvalue weighted by Gasteiger charge is -2.31. The van der Waals surface area contributed by atoms with Crippen molar-refractivity contribution in [2.75, 3.05) is 39.4 Å². The number of benzene rings is 2. The largest absolute Gasteiger partial charge is 0.507 e. The first kappa shape index (κ1) is 24.0. The summed E-state index contributed by atoms with van der Waals surface area (Å²) in [5.41, 5.74) is 2.24. The molecular weight excluding hydrogens is 432 g/mol. The number of aliphatic hydroxyl groups is 1. The number of hydrogen-bond donors (Lipinski definition) is 1. The number of rotatable bonds is 7. The number of carbonyl (C=O) groups excluding carboxylic acids is 2. The third-order valence-electron chi connectivity index (χ3n) is 6.23. The average molecular weight is 465 g/mol. The summed E-state index contributed by atoms with van der Waals surface area (Å²) < 4.78 is 11.2. The molecule has 4 rings (SSSR count). The molecule has 2 saturated heterocycles. The van der Waals surface area contributed by atoms with Crippen molar-refractivity contribution in [2.45, 2.75) is 32.9 Å². The fourth-order valence-corrected chi connectivity index (χ4v) is 4.50. The van der Waals surface area contributed by atoms with Gasteiger partial charge in [-0.25, -0.2) is 0 Å². The van der Waals surface area contributed by atoms with Gasteiger partial charge in [0, 0.05) is 31.7 Å². The van der Waals surface area contributed by atoms with Crippen LogP contribution in [-0.4, -0.2) is 72.1 Å². The molecule has 2 aromatic carbocycles. The second kappa shape index (κ2) is 10.4. The molecule has 7 nitrogen and oxygen atoms in total. The SMILES string of the molecule is Cc1cc(/C(O)=C2\C(=O)C(=O)N(CCN3CCOCC3)C2c2ccccc2)ccc1OC(C)C. The van der Waals surface area contributed by atoms with Gasteiger partial charge in [-0.05, 0) is 50.1 Å². The van der Waals surface area contributed by atoms with E-state index < -0.39 is 17.7 Å². The zero-order valence-electron chi connectivity index (χ0n) is 20.0. The van der Waals surface area contributed by atoms with Crippen LogP contribution in [0.15, 0.2) is 54.1 Å². The molecule has 0 aliphatic carbocycles. The monoisotopic (exact) mass is 464 g/mol. The van der Waals surface area contributed by atoms with Crippen LogP contribution < -0.4 is 4.74 Å². The van der Waals surface area contributed by atoms with Crippen molar-refractivity contribution in [3.63, 3.8) is 0 Å². The van der Waals surface area contributed by atoms with E-state index in [1.54, 1.807) is 23.1 Å². The van der Waals surface area contributed by atoms with Crippen molar-refractivity contribution in [3.8, 4) is 5.75 Å². The van der Waals surface area contributed by atoms with Crippen LogP contribution in [0.25, 0.3) is 5.76 Å². The van der Waals surface area contributed by atoms with Crippen LogP contribution in [0.1, 0.15) is 36.6 Å². The van der Waals surface area contributed by atoms with Crippen LogP contribution in [0.3, 0.4) is 0 Å². The van der Waals surface area contributed by atoms with Crippen LogP contribution in [0, 0.1) is 6.92 Å². The number of amides is 1. The number of ether oxygens (including phenoxy) is 2. The number of nitrogens with zero attached hydrogens (tertiary/aromatic N) is 2. The molecule has 0 radical (unpaired) electrons. The van der Waals surface area contributed by atoms with E-state index in [1.165, 1.54) is 0 Å². The molecule has 2 aliphatic heterocycles. The highest BCUT2D eigenvalue weighted by Gasteiger charge is 2.46. The van der Waals surface area contributed by atoms with E-state index in [2.05, 4.69) is 4.90 Å². The third kappa shape index (κ3) is 5.00. The van der Waals surface area contributed by atoms with Crippen LogP contribution in [0.5, 0.6) is 5.75 Å². The van der Waals surface area contributed by atoms with Crippen molar-refractivity contribution in [1.82, 2.24) is 9.80 Å². The van der Waals surface area contributed by atoms with Gasteiger partial charge in [0.2, 0.25) is 0 Å². The minimum absolute atomic E-state index is 0.0213. The van der Waals surface area contributed by atoms with Gasteiger partial charge in [-0.3, -0.25) is 14.5 Å². The molecule has 0 saturated carbocycles. The number of hydrogen-bond acceptors (Lipinski definition) is 6. The van der Waals surface area contributed by atoms with E-state index in [0.29, 0.717) is 31.9 Å². The number of aliphatic hydroxyl groups excluding tert-OH is 1. The van der Waals surface area contributed by atoms with E-state index in [1.807, 2.05) is 51.1 Å². The Kier molecular flexibility index (Phi) is 7.34. The Morgan fingerprint density at radius 1 is 1.09 bits per heavy atom. The van der Waals surface area contributed by atoms with Gasteiger partial charge in [-0.1, -0.05) is 30.3 Å². The van der Waals surface area contributed by atoms with Gasteiger partial charge in [0.25, 0.3) is 11.7 Å². The minimum Gasteiger partial charge on any atom is -0.507 e. The molecule has 0 aromatic heterocycles. The van der Waals surface area contributed by atoms with Crippen LogP contribution in [-0.2, 0) is 14.3 Å². The molecule has 2 fully saturated rings. The number of likely N-dealkylation sites (tertiary alicyclic amines) is 1. The Hall–Kier alpha value is -3.16. The van der Waals surface area contributed by atoms with E-state index in [4.69, 9.17) is 9.47 Å². The minimum atomic E-state index is -0.659. The van der Waals surface area contributed by atoms with Crippen LogP contribution >= 0.6 is 0 Å². The highest BCUT2D eigenvalue weighted by molar-refractivity contribution is 6.46. The van der Waals surface area contributed by atoms with Crippen molar-refractivity contribution in [1.29, 1.82) is 0 Å². The predicted octanol–water partition coefficient (Wildman–Crippen LogP) is 3.54. The average Bonchev–Trinajstić information content (AvgIpc) is 3.09. The first-order valence-corrected chi connectivity index (χ1v) is 11.8. The molecule has 2 heterocycles. The van der Waals surface area contributed by atoms with Crippen LogP contribution in [0.4, 0.5) is 0 Å². The summed E-state index contributed by atoms with van der Waals surface area (Å²) in [5.74, 6) is -0.689. The van der Waals surface area contributed by atoms with E-state index in [9.17, 15) is 14.7 Å². The molecule has 0 spiro atoms. The highest BCUT2D eigenvalue weighted by Crippen LogP contribution is 2.39. The maximum atomic E-state index is 13.2. The lowest BCUT2D eigenvalue weighted by molar-refractivity contribution is -0.140. The zero-order valence-corrected chi connectivity index (χ0v) is 20.0. The molecule has 34 heavy (non-hydrogen) atoms. The summed E-state index contributed by atoms with van der Waals surface area (Å²) in [4.78, 5) is 30.1. The fourth-order valence-electron chi connectivity index (χ4n) is 4.50. The molecule has 7 heteroatoms. The van der Waals surface area contributed by atoms with Crippen molar-refractivity contribution in [3.05, 3.63) is 70.8 Å². The molecule has 1 N–H and O–H groups in total. The maximum absolute atomic E-state index is 13.2. The number of carbonyl (C=O) groups is 2. The molecule has 180 valence electrons. The first-order valence-electron chi connectivity index (χ1n) is 11.8. The van der Waals surface area contributed by atoms with Gasteiger partial charge in [-0.15, -0.1) is 0 Å². The summed E-state index contributed by atoms with van der Waals surface area (Å²) >= 11 is 0. The van der Waals surface area contributed by atoms with Gasteiger partial charge in [0.1, 0.15) is 11.5 Å². The Balaban J connectivity index is 1.70. The normalized spacial score (nSPS) is 20.8. The molecule has 0 bridgehead atoms. The Labute approximate surface area is 200 Å². The molecular formula is C27H32N2O5. The van der Waals surface area contributed by atoms with Gasteiger partial charge in [0.15, 0.2) is 0 Å². The molecule has 2 aromatic rings. The Morgan fingerprint density at radius 3 is 2.44 bits per heavy atom. The third-order valence-corrected chi connectivity index (χ3v) is 6.23. The summed E-state index contributed by atoms with van der Waals surface area (Å²) in [7, 11) is 0. The summed E-state index contributed by atoms with van der Waals surface area (Å²) in [6, 6.07) is 14.1. The van der Waals surface area contributed by atoms with Crippen LogP contribution in [0.2, 0.25) is 0 Å². The zero-order chi connectivity index (χ0) is 24.2. The Bertz CT molecular complexity index is 1070. The summed E-state index contributed by atoms with van der Waals surface area (Å²) in [6.45, 7) is 9.74. The van der Waals surface area contributed by atoms with Crippen molar-refractivity contribution in [2.24, 2.45) is 0 Å². The maximum Gasteiger partial charge on any atom is 0.295 e. The van der Waals surface area contributed by atoms with Crippen molar-refractivity contribution < 1.29 is 24.2 Å². The van der Waals surface area contributed by atoms with E-state index in [0.717, 1.165) is 30.0 Å². The molecule has 1 atom stereocenters. The lowest BCUT2D eigenvalue weighted by Crippen LogP contribution is -2.42. The van der Waals surface area contributed by atoms with Gasteiger partial charge in [-0.2, -0.15) is 0 Å². The van der Waals surface area contributed by atoms with E-state index in [-0.39, 0.29) is 17.4 Å². The van der Waals surface area contributed by atoms with Gasteiger partial charge >= 0.3 is 0 Å². The smallest absolute Gasteiger partial charge is 0.295 e. The van der Waals surface area contributed by atoms with E-state index >= 15 is 0 Å². The quantitative estimate of drug-likeness (QED) is 0.384. The highest BCUT2D eigenvalue weighted by atomic mass is 16.5. The fraction of sp³-hybridized carbons (Fsp3) is 0.407. The number of ketones is 1. The molecule has 2 aliphatic rings. The first-order chi connectivity index (χ1) is 16.4. The number of Topliss-reactive ketones (excluding diaryl/α,β-unsaturated/α-hetero) is 1. The second-order valence-electron chi connectivity index (χ2n) is 9.00. The summed E-state index contributed by atoms with van der Waals surface area (Å²) in [5, 5.41) is 11.3. The Morgan fingerprint density at radius 2 is 1.79 bits per heavy atom. The molecule has 1 unspecified atom stereocenters. The number of aryl methyl sites for hydroxylation is 1. The topological polar surface area (TPSA) is 79.3 Å². The standard InChI is InChI=1S/C27H32N2O5/c1-18(2)34-22-10-9-21(17-19(22)3)25(30)23-24(20-7-5-4-6-8-20)29(27(32)26(23)31)12-11-28-13-15-33-16-14-28/h4-10,17-18,24,30H,11-16H2,1-3H3/b25-23+. The predicted molar refractivity (Wildman–Crippen MR) is 130 cm³/mol.